The molecule has 24 heavy (non-hydrogen) atoms. The van der Waals surface area contributed by atoms with Crippen molar-refractivity contribution in [1.82, 2.24) is 14.8 Å². The molecule has 1 atom stereocenters. The van der Waals surface area contributed by atoms with Crippen molar-refractivity contribution < 1.29 is 4.79 Å². The number of hydrogen-bond donors (Lipinski definition) is 1. The fraction of sp³-hybridized carbons (Fsp3) is 0.444. The number of carbonyl (C=O) groups excluding carboxylic acids is 1. The van der Waals surface area contributed by atoms with Crippen molar-refractivity contribution in [3.05, 3.63) is 36.0 Å². The first-order chi connectivity index (χ1) is 11.5. The Kier molecular flexibility index (Phi) is 5.16. The SMILES string of the molecule is Cc1ccccc1-c1cnc(NC(=O)N2CC[C@H](CN(C)C)C2)s1. The van der Waals surface area contributed by atoms with E-state index in [2.05, 4.69) is 48.4 Å². The van der Waals surface area contributed by atoms with E-state index in [1.54, 1.807) is 0 Å². The number of thiazole rings is 1. The molecule has 1 aliphatic rings. The van der Waals surface area contributed by atoms with Gasteiger partial charge in [-0.25, -0.2) is 9.78 Å². The topological polar surface area (TPSA) is 48.5 Å². The highest BCUT2D eigenvalue weighted by Gasteiger charge is 2.27. The quantitative estimate of drug-likeness (QED) is 0.923. The maximum absolute atomic E-state index is 12.4. The number of carbonyl (C=O) groups is 1. The van der Waals surface area contributed by atoms with E-state index in [0.717, 1.165) is 30.9 Å². The molecule has 1 fully saturated rings. The lowest BCUT2D eigenvalue weighted by molar-refractivity contribution is 0.219. The van der Waals surface area contributed by atoms with E-state index < -0.39 is 0 Å². The lowest BCUT2D eigenvalue weighted by atomic mass is 10.1. The molecule has 3 rings (SSSR count). The molecule has 0 bridgehead atoms. The predicted molar refractivity (Wildman–Crippen MR) is 99.5 cm³/mol. The standard InChI is InChI=1S/C18H24N4OS/c1-13-6-4-5-7-15(13)16-10-19-17(24-16)20-18(23)22-9-8-14(12-22)11-21(2)3/h4-7,10,14H,8-9,11-12H2,1-3H3,(H,19,20,23)/t14-/m1/s1. The number of rotatable bonds is 4. The van der Waals surface area contributed by atoms with E-state index >= 15 is 0 Å². The van der Waals surface area contributed by atoms with Gasteiger partial charge in [0.2, 0.25) is 0 Å². The number of likely N-dealkylation sites (tertiary alicyclic amines) is 1. The summed E-state index contributed by atoms with van der Waals surface area (Å²) in [5.74, 6) is 0.560. The van der Waals surface area contributed by atoms with Crippen LogP contribution < -0.4 is 5.32 Å². The van der Waals surface area contributed by atoms with Gasteiger partial charge in [0, 0.05) is 25.8 Å². The third kappa shape index (κ3) is 3.94. The second kappa shape index (κ2) is 7.32. The van der Waals surface area contributed by atoms with E-state index in [0.29, 0.717) is 11.0 Å². The van der Waals surface area contributed by atoms with Crippen molar-refractivity contribution in [2.24, 2.45) is 5.92 Å². The van der Waals surface area contributed by atoms with E-state index in [9.17, 15) is 4.79 Å². The van der Waals surface area contributed by atoms with Gasteiger partial charge in [0.25, 0.3) is 0 Å². The Bertz CT molecular complexity index is 713. The van der Waals surface area contributed by atoms with Crippen molar-refractivity contribution >= 4 is 22.5 Å². The zero-order valence-corrected chi connectivity index (χ0v) is 15.3. The molecule has 0 spiro atoms. The highest BCUT2D eigenvalue weighted by Crippen LogP contribution is 2.31. The number of aromatic nitrogens is 1. The molecule has 6 heteroatoms. The summed E-state index contributed by atoms with van der Waals surface area (Å²) in [6.07, 6.45) is 2.90. The first-order valence-electron chi connectivity index (χ1n) is 8.25. The highest BCUT2D eigenvalue weighted by molar-refractivity contribution is 7.19. The fourth-order valence-corrected chi connectivity index (χ4v) is 4.06. The van der Waals surface area contributed by atoms with Gasteiger partial charge in [0.15, 0.2) is 5.13 Å². The molecule has 1 aliphatic heterocycles. The zero-order valence-electron chi connectivity index (χ0n) is 14.5. The van der Waals surface area contributed by atoms with Crippen LogP contribution in [0, 0.1) is 12.8 Å². The average molecular weight is 344 g/mol. The fourth-order valence-electron chi connectivity index (χ4n) is 3.16. The molecule has 128 valence electrons. The molecule has 2 amide bonds. The van der Waals surface area contributed by atoms with Crippen LogP contribution in [0.15, 0.2) is 30.5 Å². The van der Waals surface area contributed by atoms with Crippen molar-refractivity contribution in [2.45, 2.75) is 13.3 Å². The lowest BCUT2D eigenvalue weighted by Gasteiger charge is -2.18. The van der Waals surface area contributed by atoms with Crippen LogP contribution in [0.3, 0.4) is 0 Å². The minimum atomic E-state index is -0.0399. The summed E-state index contributed by atoms with van der Waals surface area (Å²) in [6, 6.07) is 8.18. The molecule has 1 saturated heterocycles. The second-order valence-electron chi connectivity index (χ2n) is 6.64. The van der Waals surface area contributed by atoms with Crippen LogP contribution in [0.5, 0.6) is 0 Å². The van der Waals surface area contributed by atoms with Crippen LogP contribution in [-0.2, 0) is 0 Å². The molecule has 1 aromatic heterocycles. The first kappa shape index (κ1) is 16.9. The molecular weight excluding hydrogens is 320 g/mol. The van der Waals surface area contributed by atoms with Gasteiger partial charge < -0.3 is 9.80 Å². The molecular formula is C18H24N4OS. The second-order valence-corrected chi connectivity index (χ2v) is 7.67. The Hall–Kier alpha value is -1.92. The minimum absolute atomic E-state index is 0.0399. The monoisotopic (exact) mass is 344 g/mol. The van der Waals surface area contributed by atoms with E-state index in [4.69, 9.17) is 0 Å². The average Bonchev–Trinajstić information content (AvgIpc) is 3.17. The number of nitrogens with one attached hydrogen (secondary N) is 1. The minimum Gasteiger partial charge on any atom is -0.324 e. The molecule has 1 N–H and O–H groups in total. The van der Waals surface area contributed by atoms with Gasteiger partial charge in [-0.2, -0.15) is 0 Å². The normalized spacial score (nSPS) is 17.5. The third-order valence-corrected chi connectivity index (χ3v) is 5.27. The number of urea groups is 1. The Balaban J connectivity index is 1.61. The van der Waals surface area contributed by atoms with Crippen LogP contribution in [0.2, 0.25) is 0 Å². The van der Waals surface area contributed by atoms with Gasteiger partial charge in [-0.3, -0.25) is 5.32 Å². The molecule has 2 heterocycles. The Morgan fingerprint density at radius 3 is 2.96 bits per heavy atom. The smallest absolute Gasteiger partial charge is 0.323 e. The molecule has 5 nitrogen and oxygen atoms in total. The third-order valence-electron chi connectivity index (χ3n) is 4.33. The van der Waals surface area contributed by atoms with Crippen molar-refractivity contribution in [3.8, 4) is 10.4 Å². The van der Waals surface area contributed by atoms with Gasteiger partial charge in [0.05, 0.1) is 4.88 Å². The van der Waals surface area contributed by atoms with Crippen LogP contribution in [0.25, 0.3) is 10.4 Å². The summed E-state index contributed by atoms with van der Waals surface area (Å²) in [5, 5.41) is 3.61. The summed E-state index contributed by atoms with van der Waals surface area (Å²) < 4.78 is 0. The number of amides is 2. The highest BCUT2D eigenvalue weighted by atomic mass is 32.1. The first-order valence-corrected chi connectivity index (χ1v) is 9.07. The van der Waals surface area contributed by atoms with E-state index in [1.807, 2.05) is 23.2 Å². The summed E-state index contributed by atoms with van der Waals surface area (Å²) in [5.41, 5.74) is 2.38. The summed E-state index contributed by atoms with van der Waals surface area (Å²) in [4.78, 5) is 21.9. The van der Waals surface area contributed by atoms with Gasteiger partial charge in [-0.1, -0.05) is 35.6 Å². The summed E-state index contributed by atoms with van der Waals surface area (Å²) >= 11 is 1.52. The Morgan fingerprint density at radius 2 is 2.21 bits per heavy atom. The van der Waals surface area contributed by atoms with Crippen molar-refractivity contribution in [3.63, 3.8) is 0 Å². The Morgan fingerprint density at radius 1 is 1.42 bits per heavy atom. The molecule has 2 aromatic rings. The number of hydrogen-bond acceptors (Lipinski definition) is 4. The van der Waals surface area contributed by atoms with Crippen molar-refractivity contribution in [1.29, 1.82) is 0 Å². The molecule has 0 unspecified atom stereocenters. The largest absolute Gasteiger partial charge is 0.324 e. The summed E-state index contributed by atoms with van der Waals surface area (Å²) in [7, 11) is 4.15. The van der Waals surface area contributed by atoms with Crippen LogP contribution in [-0.4, -0.2) is 54.5 Å². The van der Waals surface area contributed by atoms with Crippen LogP contribution >= 0.6 is 11.3 Å². The molecule has 1 aromatic carbocycles. The number of benzene rings is 1. The maximum Gasteiger partial charge on any atom is 0.323 e. The number of nitrogens with zero attached hydrogens (tertiary/aromatic N) is 3. The van der Waals surface area contributed by atoms with Crippen LogP contribution in [0.4, 0.5) is 9.93 Å². The molecule has 0 saturated carbocycles. The van der Waals surface area contributed by atoms with Gasteiger partial charge in [0.1, 0.15) is 0 Å². The lowest BCUT2D eigenvalue weighted by Crippen LogP contribution is -2.34. The molecule has 0 aliphatic carbocycles. The van der Waals surface area contributed by atoms with Gasteiger partial charge in [-0.05, 0) is 44.5 Å². The number of anilines is 1. The van der Waals surface area contributed by atoms with E-state index in [1.165, 1.54) is 22.5 Å². The Labute approximate surface area is 147 Å². The van der Waals surface area contributed by atoms with E-state index in [-0.39, 0.29) is 6.03 Å². The summed E-state index contributed by atoms with van der Waals surface area (Å²) in [6.45, 7) is 4.75. The van der Waals surface area contributed by atoms with Crippen LogP contribution in [0.1, 0.15) is 12.0 Å². The maximum atomic E-state index is 12.4. The van der Waals surface area contributed by atoms with Crippen molar-refractivity contribution in [2.75, 3.05) is 39.0 Å². The number of aryl methyl sites for hydroxylation is 1. The van der Waals surface area contributed by atoms with Gasteiger partial charge in [-0.15, -0.1) is 0 Å². The predicted octanol–water partition coefficient (Wildman–Crippen LogP) is 3.53. The molecule has 0 radical (unpaired) electrons. The zero-order chi connectivity index (χ0) is 17.1. The van der Waals surface area contributed by atoms with Gasteiger partial charge >= 0.3 is 6.03 Å².